The van der Waals surface area contributed by atoms with E-state index in [9.17, 15) is 4.79 Å². The van der Waals surface area contributed by atoms with Gasteiger partial charge in [-0.1, -0.05) is 58.4 Å². The molecular weight excluding hydrogens is 488 g/mol. The third-order valence-corrected chi connectivity index (χ3v) is 5.80. The second kappa shape index (κ2) is 13.1. The maximum absolute atomic E-state index is 12.4. The van der Waals surface area contributed by atoms with Gasteiger partial charge in [-0.15, -0.1) is 5.10 Å². The molecule has 0 saturated heterocycles. The van der Waals surface area contributed by atoms with Gasteiger partial charge in [-0.05, 0) is 54.8 Å². The van der Waals surface area contributed by atoms with Crippen molar-refractivity contribution in [1.82, 2.24) is 14.8 Å². The molecule has 0 saturated carbocycles. The Bertz CT molecular complexity index is 1520. The summed E-state index contributed by atoms with van der Waals surface area (Å²) < 4.78 is 1.71. The number of para-hydroxylation sites is 1. The number of allylic oxidation sites excluding steroid dienone is 1. The van der Waals surface area contributed by atoms with Crippen LogP contribution in [0.25, 0.3) is 16.7 Å². The van der Waals surface area contributed by atoms with Crippen LogP contribution in [0.3, 0.4) is 0 Å². The molecule has 39 heavy (non-hydrogen) atoms. The number of benzene rings is 2. The number of aromatic nitrogens is 3. The summed E-state index contributed by atoms with van der Waals surface area (Å²) in [6.45, 7) is 10.1. The quantitative estimate of drug-likeness (QED) is 0.0975. The van der Waals surface area contributed by atoms with Gasteiger partial charge in [0.2, 0.25) is 0 Å². The first-order valence-corrected chi connectivity index (χ1v) is 12.9. The van der Waals surface area contributed by atoms with Crippen LogP contribution in [0.4, 0.5) is 23.0 Å². The first-order valence-electron chi connectivity index (χ1n) is 12.9. The highest BCUT2D eigenvalue weighted by Crippen LogP contribution is 2.35. The first kappa shape index (κ1) is 28.8. The van der Waals surface area contributed by atoms with Crippen molar-refractivity contribution in [3.05, 3.63) is 77.4 Å². The number of nitrogens with one attached hydrogen (secondary N) is 4. The van der Waals surface area contributed by atoms with Gasteiger partial charge >= 0.3 is 0 Å². The van der Waals surface area contributed by atoms with Crippen LogP contribution in [-0.4, -0.2) is 33.1 Å². The molecule has 0 unspecified atom stereocenters. The van der Waals surface area contributed by atoms with Crippen LogP contribution in [0.2, 0.25) is 0 Å². The van der Waals surface area contributed by atoms with Gasteiger partial charge in [0, 0.05) is 34.8 Å². The van der Waals surface area contributed by atoms with Crippen LogP contribution >= 0.6 is 0 Å². The molecule has 0 aliphatic rings. The van der Waals surface area contributed by atoms with Gasteiger partial charge in [-0.2, -0.15) is 0 Å². The van der Waals surface area contributed by atoms with Gasteiger partial charge in [-0.3, -0.25) is 4.79 Å². The monoisotopic (exact) mass is 524 g/mol. The zero-order chi connectivity index (χ0) is 28.5. The summed E-state index contributed by atoms with van der Waals surface area (Å²) in [5, 5.41) is 27.1. The molecule has 2 aromatic heterocycles. The lowest BCUT2D eigenvalue weighted by molar-refractivity contribution is -0.112. The summed E-state index contributed by atoms with van der Waals surface area (Å²) >= 11 is 0. The lowest BCUT2D eigenvalue weighted by Crippen LogP contribution is -2.16. The molecule has 9 heteroatoms. The van der Waals surface area contributed by atoms with Crippen molar-refractivity contribution in [3.63, 3.8) is 0 Å². The summed E-state index contributed by atoms with van der Waals surface area (Å²) in [5.74, 6) is 1.23. The van der Waals surface area contributed by atoms with Gasteiger partial charge in [-0.25, -0.2) is 9.67 Å². The Morgan fingerprint density at radius 2 is 1.79 bits per heavy atom. The predicted octanol–water partition coefficient (Wildman–Crippen LogP) is 6.82. The Labute approximate surface area is 229 Å². The number of hydrogen-bond acceptors (Lipinski definition) is 7. The highest BCUT2D eigenvalue weighted by Gasteiger charge is 2.18. The van der Waals surface area contributed by atoms with Crippen LogP contribution in [-0.2, 0) is 4.79 Å². The Balaban J connectivity index is 0.00000134. The molecule has 0 bridgehead atoms. The zero-order valence-electron chi connectivity index (χ0n) is 23.0. The van der Waals surface area contributed by atoms with E-state index in [2.05, 4.69) is 43.3 Å². The summed E-state index contributed by atoms with van der Waals surface area (Å²) in [4.78, 5) is 17.0. The second-order valence-corrected chi connectivity index (χ2v) is 9.16. The van der Waals surface area contributed by atoms with Gasteiger partial charge < -0.3 is 27.2 Å². The number of nitrogens with zero attached hydrogens (tertiary/aromatic N) is 3. The standard InChI is InChI=1S/C27H28N8O.C3H8/c1-4-17(14-28)27(36)33-23-10-7-11-24(32-23)35-22-9-6-5-8-18(22)26(34-35)31-21-13-12-20(30)19(15-29)25(21)16(2)3;1-3-2/h4-16,28-29H,30H2,1-3H3,(H,31,34)(H,32,33,36);3H2,1-2H3/b17-4+,28-14?,29-15?;. The molecule has 6 N–H and O–H groups in total. The van der Waals surface area contributed by atoms with E-state index in [0.29, 0.717) is 28.7 Å². The Morgan fingerprint density at radius 3 is 2.44 bits per heavy atom. The molecule has 1 amide bonds. The maximum Gasteiger partial charge on any atom is 0.258 e. The Kier molecular flexibility index (Phi) is 9.69. The molecule has 0 fully saturated rings. The Hall–Kier alpha value is -4.79. The molecule has 0 aliphatic carbocycles. The molecule has 4 aromatic rings. The molecule has 2 aromatic carbocycles. The van der Waals surface area contributed by atoms with Crippen LogP contribution in [0, 0.1) is 10.8 Å². The van der Waals surface area contributed by atoms with Crippen LogP contribution in [0.1, 0.15) is 58.1 Å². The molecule has 0 radical (unpaired) electrons. The summed E-state index contributed by atoms with van der Waals surface area (Å²) in [7, 11) is 0. The second-order valence-electron chi connectivity index (χ2n) is 9.16. The SMILES string of the molecule is C/C=C(\C=N)C(=O)Nc1cccc(-n2nc(Nc3ccc(N)c(C=N)c3C(C)C)c3ccccc32)n1.CCC. The van der Waals surface area contributed by atoms with E-state index in [1.54, 1.807) is 35.9 Å². The van der Waals surface area contributed by atoms with Crippen LogP contribution < -0.4 is 16.4 Å². The largest absolute Gasteiger partial charge is 0.398 e. The average Bonchev–Trinajstić information content (AvgIpc) is 3.29. The smallest absolute Gasteiger partial charge is 0.258 e. The molecule has 0 aliphatic heterocycles. The number of carbonyl (C=O) groups is 1. The Morgan fingerprint density at radius 1 is 1.08 bits per heavy atom. The van der Waals surface area contributed by atoms with E-state index in [-0.39, 0.29) is 11.5 Å². The van der Waals surface area contributed by atoms with Crippen molar-refractivity contribution in [3.8, 4) is 5.82 Å². The van der Waals surface area contributed by atoms with Crippen LogP contribution in [0.5, 0.6) is 0 Å². The number of hydrogen-bond donors (Lipinski definition) is 5. The van der Waals surface area contributed by atoms with Crippen molar-refractivity contribution in [2.24, 2.45) is 0 Å². The third-order valence-electron chi connectivity index (χ3n) is 5.80. The number of amides is 1. The number of carbonyl (C=O) groups excluding carboxylic acids is 1. The fourth-order valence-electron chi connectivity index (χ4n) is 4.09. The van der Waals surface area contributed by atoms with E-state index in [1.165, 1.54) is 12.6 Å². The minimum atomic E-state index is -0.406. The van der Waals surface area contributed by atoms with Gasteiger partial charge in [0.05, 0.1) is 11.1 Å². The highest BCUT2D eigenvalue weighted by atomic mass is 16.1. The van der Waals surface area contributed by atoms with Crippen molar-refractivity contribution < 1.29 is 4.79 Å². The molecule has 4 rings (SSSR count). The minimum Gasteiger partial charge on any atom is -0.398 e. The molecule has 0 atom stereocenters. The lowest BCUT2D eigenvalue weighted by atomic mass is 9.94. The van der Waals surface area contributed by atoms with Gasteiger partial charge in [0.1, 0.15) is 5.82 Å². The predicted molar refractivity (Wildman–Crippen MR) is 162 cm³/mol. The van der Waals surface area contributed by atoms with Crippen molar-refractivity contribution in [1.29, 1.82) is 10.8 Å². The number of anilines is 4. The van der Waals surface area contributed by atoms with Crippen LogP contribution in [0.15, 0.2) is 66.2 Å². The molecule has 202 valence electrons. The summed E-state index contributed by atoms with van der Waals surface area (Å²) in [5.41, 5.74) is 10.2. The van der Waals surface area contributed by atoms with E-state index < -0.39 is 5.91 Å². The number of nitrogens with two attached hydrogens (primary N) is 1. The van der Waals surface area contributed by atoms with Gasteiger partial charge in [0.25, 0.3) is 5.91 Å². The first-order chi connectivity index (χ1) is 18.8. The van der Waals surface area contributed by atoms with E-state index in [1.807, 2.05) is 36.4 Å². The summed E-state index contributed by atoms with van der Waals surface area (Å²) in [6.07, 6.45) is 5.11. The highest BCUT2D eigenvalue weighted by molar-refractivity contribution is 6.16. The molecule has 0 spiro atoms. The van der Waals surface area contributed by atoms with Crippen molar-refractivity contribution in [2.75, 3.05) is 16.4 Å². The number of nitrogen functional groups attached to an aromatic ring is 1. The number of rotatable bonds is 8. The summed E-state index contributed by atoms with van der Waals surface area (Å²) in [6, 6.07) is 16.8. The molecule has 2 heterocycles. The van der Waals surface area contributed by atoms with Gasteiger partial charge in [0.15, 0.2) is 11.6 Å². The number of pyridine rings is 1. The van der Waals surface area contributed by atoms with E-state index in [4.69, 9.17) is 21.7 Å². The minimum absolute atomic E-state index is 0.130. The molecule has 9 nitrogen and oxygen atoms in total. The van der Waals surface area contributed by atoms with Crippen molar-refractivity contribution >= 4 is 52.2 Å². The maximum atomic E-state index is 12.4. The normalized spacial score (nSPS) is 11.1. The van der Waals surface area contributed by atoms with Crippen molar-refractivity contribution in [2.45, 2.75) is 47.0 Å². The lowest BCUT2D eigenvalue weighted by Gasteiger charge is -2.18. The van der Waals surface area contributed by atoms with E-state index in [0.717, 1.165) is 28.4 Å². The zero-order valence-corrected chi connectivity index (χ0v) is 23.0. The fourth-order valence-corrected chi connectivity index (χ4v) is 4.09. The third kappa shape index (κ3) is 6.38. The average molecular weight is 525 g/mol. The topological polar surface area (TPSA) is 146 Å². The number of fused-ring (bicyclic) bond motifs is 1. The van der Waals surface area contributed by atoms with E-state index >= 15 is 0 Å². The fraction of sp³-hybridized carbons (Fsp3) is 0.233. The molecular formula is C30H36N8O.